The Bertz CT molecular complexity index is 454. The fraction of sp³-hybridized carbons (Fsp3) is 0.273. The van der Waals surface area contributed by atoms with Crippen LogP contribution in [-0.2, 0) is 16.4 Å². The van der Waals surface area contributed by atoms with E-state index in [9.17, 15) is 8.42 Å². The Morgan fingerprint density at radius 3 is 2.40 bits per heavy atom. The second-order valence-electron chi connectivity index (χ2n) is 3.03. The third-order valence-corrected chi connectivity index (χ3v) is 3.42. The third-order valence-electron chi connectivity index (χ3n) is 2.01. The minimum atomic E-state index is -3.44. The summed E-state index contributed by atoms with van der Waals surface area (Å²) in [4.78, 5) is 0.245. The van der Waals surface area contributed by atoms with E-state index in [2.05, 4.69) is 10.6 Å². The van der Waals surface area contributed by atoms with Crippen LogP contribution in [0.3, 0.4) is 0 Å². The van der Waals surface area contributed by atoms with Crippen molar-refractivity contribution in [1.29, 1.82) is 0 Å². The molecule has 0 saturated heterocycles. The Hall–Kier alpha value is -1.31. The van der Waals surface area contributed by atoms with Gasteiger partial charge in [-0.3, -0.25) is 0 Å². The smallest absolute Gasteiger partial charge is 0.207 e. The van der Waals surface area contributed by atoms with Gasteiger partial charge in [0.05, 0.1) is 11.4 Å². The van der Waals surface area contributed by atoms with Gasteiger partial charge in [-0.05, 0) is 24.1 Å². The van der Waals surface area contributed by atoms with Gasteiger partial charge >= 0.3 is 0 Å². The molecule has 0 aliphatic carbocycles. The molecule has 0 atom stereocenters. The van der Waals surface area contributed by atoms with E-state index in [-0.39, 0.29) is 11.4 Å². The summed E-state index contributed by atoms with van der Waals surface area (Å²) in [5.74, 6) is 2.23. The van der Waals surface area contributed by atoms with E-state index in [1.807, 2.05) is 6.92 Å². The normalized spacial score (nSPS) is 10.9. The van der Waals surface area contributed by atoms with Gasteiger partial charge in [-0.25, -0.2) is 8.42 Å². The summed E-state index contributed by atoms with van der Waals surface area (Å²) >= 11 is 0. The van der Waals surface area contributed by atoms with Crippen molar-refractivity contribution in [3.05, 3.63) is 29.8 Å². The van der Waals surface area contributed by atoms with Gasteiger partial charge in [0.15, 0.2) is 0 Å². The van der Waals surface area contributed by atoms with E-state index in [1.165, 1.54) is 0 Å². The van der Waals surface area contributed by atoms with E-state index in [0.29, 0.717) is 0 Å². The average molecular weight is 223 g/mol. The Balaban J connectivity index is 2.92. The number of benzene rings is 1. The predicted molar refractivity (Wildman–Crippen MR) is 59.8 cm³/mol. The number of hydrogen-bond acceptors (Lipinski definition) is 2. The minimum absolute atomic E-state index is 0.0118. The minimum Gasteiger partial charge on any atom is -0.207 e. The summed E-state index contributed by atoms with van der Waals surface area (Å²) in [6, 6.07) is 6.75. The van der Waals surface area contributed by atoms with E-state index in [1.54, 1.807) is 24.3 Å². The molecule has 0 saturated carbocycles. The zero-order valence-corrected chi connectivity index (χ0v) is 9.34. The Morgan fingerprint density at radius 1 is 1.33 bits per heavy atom. The average Bonchev–Trinajstić information content (AvgIpc) is 2.26. The Morgan fingerprint density at radius 2 is 1.93 bits per heavy atom. The molecule has 3 nitrogen and oxygen atoms in total. The summed E-state index contributed by atoms with van der Waals surface area (Å²) < 4.78 is 25.5. The topological polar surface area (TPSA) is 46.2 Å². The van der Waals surface area contributed by atoms with Gasteiger partial charge in [0, 0.05) is 0 Å². The first-order valence-electron chi connectivity index (χ1n) is 4.62. The number of rotatable bonds is 4. The fourth-order valence-electron chi connectivity index (χ4n) is 1.12. The van der Waals surface area contributed by atoms with Gasteiger partial charge in [-0.15, -0.1) is 6.42 Å². The zero-order valence-electron chi connectivity index (χ0n) is 8.53. The summed E-state index contributed by atoms with van der Waals surface area (Å²) in [5.41, 5.74) is 1.10. The highest BCUT2D eigenvalue weighted by Crippen LogP contribution is 2.10. The maximum atomic E-state index is 11.6. The summed E-state index contributed by atoms with van der Waals surface area (Å²) in [7, 11) is -3.44. The molecule has 0 bridgehead atoms. The van der Waals surface area contributed by atoms with Gasteiger partial charge in [0.1, 0.15) is 0 Å². The highest BCUT2D eigenvalue weighted by atomic mass is 32.2. The maximum Gasteiger partial charge on any atom is 0.241 e. The lowest BCUT2D eigenvalue weighted by Gasteiger charge is -2.04. The zero-order chi connectivity index (χ0) is 11.3. The molecule has 1 N–H and O–H groups in total. The molecule has 0 fully saturated rings. The quantitative estimate of drug-likeness (QED) is 0.779. The molecule has 80 valence electrons. The largest absolute Gasteiger partial charge is 0.241 e. The van der Waals surface area contributed by atoms with Crippen molar-refractivity contribution in [2.75, 3.05) is 6.54 Å². The van der Waals surface area contributed by atoms with Crippen LogP contribution < -0.4 is 4.72 Å². The van der Waals surface area contributed by atoms with Crippen LogP contribution in [-0.4, -0.2) is 15.0 Å². The van der Waals surface area contributed by atoms with Crippen LogP contribution in [0.25, 0.3) is 0 Å². The van der Waals surface area contributed by atoms with Crippen molar-refractivity contribution in [2.24, 2.45) is 0 Å². The predicted octanol–water partition coefficient (Wildman–Crippen LogP) is 1.16. The number of nitrogens with one attached hydrogen (secondary N) is 1. The van der Waals surface area contributed by atoms with Gasteiger partial charge in [-0.1, -0.05) is 25.0 Å². The van der Waals surface area contributed by atoms with Crippen LogP contribution in [0.4, 0.5) is 0 Å². The molecule has 0 heterocycles. The standard InChI is InChI=1S/C11H13NO2S/c1-3-9-12-15(13,14)11-7-5-10(4-2)6-8-11/h1,5-8,12H,4,9H2,2H3. The Labute approximate surface area is 90.6 Å². The van der Waals surface area contributed by atoms with E-state index < -0.39 is 10.0 Å². The van der Waals surface area contributed by atoms with Crippen LogP contribution in [0, 0.1) is 12.3 Å². The lowest BCUT2D eigenvalue weighted by Crippen LogP contribution is -2.23. The molecular weight excluding hydrogens is 210 g/mol. The number of terminal acetylenes is 1. The molecule has 1 aromatic rings. The van der Waals surface area contributed by atoms with Gasteiger partial charge in [0.2, 0.25) is 10.0 Å². The fourth-order valence-corrected chi connectivity index (χ4v) is 2.06. The first-order valence-corrected chi connectivity index (χ1v) is 6.10. The van der Waals surface area contributed by atoms with Crippen molar-refractivity contribution in [2.45, 2.75) is 18.2 Å². The third kappa shape index (κ3) is 3.08. The molecule has 0 radical (unpaired) electrons. The molecule has 0 unspecified atom stereocenters. The molecule has 0 aliphatic heterocycles. The highest BCUT2D eigenvalue weighted by molar-refractivity contribution is 7.89. The number of aryl methyl sites for hydroxylation is 1. The molecule has 1 aromatic carbocycles. The molecule has 1 rings (SSSR count). The first kappa shape index (κ1) is 11.8. The van der Waals surface area contributed by atoms with E-state index >= 15 is 0 Å². The van der Waals surface area contributed by atoms with E-state index in [0.717, 1.165) is 12.0 Å². The van der Waals surface area contributed by atoms with Gasteiger partial charge in [-0.2, -0.15) is 4.72 Å². The van der Waals surface area contributed by atoms with Crippen molar-refractivity contribution in [3.8, 4) is 12.3 Å². The van der Waals surface area contributed by atoms with Crippen molar-refractivity contribution in [3.63, 3.8) is 0 Å². The lowest BCUT2D eigenvalue weighted by atomic mass is 10.2. The lowest BCUT2D eigenvalue weighted by molar-refractivity contribution is 0.586. The first-order chi connectivity index (χ1) is 7.10. The Kier molecular flexibility index (Phi) is 3.89. The van der Waals surface area contributed by atoms with Crippen molar-refractivity contribution >= 4 is 10.0 Å². The molecular formula is C11H13NO2S. The summed E-state index contributed by atoms with van der Waals surface area (Å²) in [6.45, 7) is 2.03. The summed E-state index contributed by atoms with van der Waals surface area (Å²) in [6.07, 6.45) is 5.87. The van der Waals surface area contributed by atoms with Crippen LogP contribution in [0.15, 0.2) is 29.2 Å². The molecule has 4 heteroatoms. The van der Waals surface area contributed by atoms with Crippen molar-refractivity contribution < 1.29 is 8.42 Å². The molecule has 0 spiro atoms. The monoisotopic (exact) mass is 223 g/mol. The van der Waals surface area contributed by atoms with Crippen LogP contribution in [0.1, 0.15) is 12.5 Å². The van der Waals surface area contributed by atoms with Crippen LogP contribution in [0.5, 0.6) is 0 Å². The number of sulfonamides is 1. The van der Waals surface area contributed by atoms with E-state index in [4.69, 9.17) is 6.42 Å². The summed E-state index contributed by atoms with van der Waals surface area (Å²) in [5, 5.41) is 0. The highest BCUT2D eigenvalue weighted by Gasteiger charge is 2.11. The van der Waals surface area contributed by atoms with Crippen LogP contribution in [0.2, 0.25) is 0 Å². The molecule has 15 heavy (non-hydrogen) atoms. The molecule has 0 aliphatic rings. The SMILES string of the molecule is C#CCNS(=O)(=O)c1ccc(CC)cc1. The van der Waals surface area contributed by atoms with Gasteiger partial charge < -0.3 is 0 Å². The van der Waals surface area contributed by atoms with Crippen molar-refractivity contribution in [1.82, 2.24) is 4.72 Å². The number of hydrogen-bond donors (Lipinski definition) is 1. The maximum absolute atomic E-state index is 11.6. The second-order valence-corrected chi connectivity index (χ2v) is 4.79. The molecule has 0 aromatic heterocycles. The second kappa shape index (κ2) is 4.96. The molecule has 0 amide bonds. The van der Waals surface area contributed by atoms with Crippen LogP contribution >= 0.6 is 0 Å². The van der Waals surface area contributed by atoms with Gasteiger partial charge in [0.25, 0.3) is 0 Å².